The van der Waals surface area contributed by atoms with Crippen molar-refractivity contribution in [2.24, 2.45) is 11.7 Å². The summed E-state index contributed by atoms with van der Waals surface area (Å²) in [7, 11) is 0. The molecule has 1 aliphatic rings. The number of nitrogens with two attached hydrogens (primary N) is 1. The number of hydrogen-bond donors (Lipinski definition) is 2. The number of benzene rings is 1. The lowest BCUT2D eigenvalue weighted by molar-refractivity contribution is 0.0695. The minimum absolute atomic E-state index is 0.0465. The Kier molecular flexibility index (Phi) is 4.30. The Hall–Kier alpha value is -2.93. The number of hydrogen-bond acceptors (Lipinski definition) is 5. The van der Waals surface area contributed by atoms with E-state index in [1.807, 2.05) is 35.2 Å². The van der Waals surface area contributed by atoms with Gasteiger partial charge >= 0.3 is 0 Å². The maximum absolute atomic E-state index is 12.9. The van der Waals surface area contributed by atoms with Crippen LogP contribution in [0.15, 0.2) is 42.6 Å². The standard InChI is InChI=1S/C19H21N5O2/c20-11-13-6-8-23(9-7-13)19(26)15-12-21-24-17(25)10-16(22-18(15)24)14-4-2-1-3-5-14/h1-5,10,12-13,25H,6-9,11,20H2. The molecule has 0 saturated carbocycles. The molecule has 1 saturated heterocycles. The zero-order valence-corrected chi connectivity index (χ0v) is 14.4. The van der Waals surface area contributed by atoms with E-state index in [9.17, 15) is 9.90 Å². The lowest BCUT2D eigenvalue weighted by Gasteiger charge is -2.31. The summed E-state index contributed by atoms with van der Waals surface area (Å²) in [5, 5.41) is 14.4. The second-order valence-corrected chi connectivity index (χ2v) is 6.63. The van der Waals surface area contributed by atoms with Crippen molar-refractivity contribution in [1.29, 1.82) is 0 Å². The molecule has 1 amide bonds. The van der Waals surface area contributed by atoms with Crippen molar-refractivity contribution in [3.8, 4) is 17.1 Å². The molecule has 1 aromatic carbocycles. The fourth-order valence-electron chi connectivity index (χ4n) is 3.40. The van der Waals surface area contributed by atoms with Crippen LogP contribution in [0.1, 0.15) is 23.2 Å². The molecule has 0 unspecified atom stereocenters. The molecule has 3 N–H and O–H groups in total. The van der Waals surface area contributed by atoms with E-state index in [2.05, 4.69) is 10.1 Å². The maximum Gasteiger partial charge on any atom is 0.259 e. The molecule has 26 heavy (non-hydrogen) atoms. The van der Waals surface area contributed by atoms with Crippen molar-refractivity contribution in [2.45, 2.75) is 12.8 Å². The van der Waals surface area contributed by atoms with Crippen LogP contribution in [0.3, 0.4) is 0 Å². The SMILES string of the molecule is NCC1CCN(C(=O)c2cnn3c(O)cc(-c4ccccc4)nc23)CC1. The summed E-state index contributed by atoms with van der Waals surface area (Å²) in [5.74, 6) is 0.331. The normalized spacial score (nSPS) is 15.5. The number of aromatic hydroxyl groups is 1. The van der Waals surface area contributed by atoms with Crippen molar-refractivity contribution < 1.29 is 9.90 Å². The van der Waals surface area contributed by atoms with E-state index >= 15 is 0 Å². The van der Waals surface area contributed by atoms with E-state index < -0.39 is 0 Å². The summed E-state index contributed by atoms with van der Waals surface area (Å²) < 4.78 is 1.30. The topological polar surface area (TPSA) is 96.8 Å². The number of fused-ring (bicyclic) bond motifs is 1. The van der Waals surface area contributed by atoms with E-state index in [1.165, 1.54) is 10.7 Å². The summed E-state index contributed by atoms with van der Waals surface area (Å²) in [5.41, 5.74) is 7.98. The molecule has 0 spiro atoms. The molecule has 0 aliphatic carbocycles. The third-order valence-corrected chi connectivity index (χ3v) is 4.99. The quantitative estimate of drug-likeness (QED) is 0.751. The second-order valence-electron chi connectivity index (χ2n) is 6.63. The van der Waals surface area contributed by atoms with Crippen LogP contribution in [0.4, 0.5) is 0 Å². The summed E-state index contributed by atoms with van der Waals surface area (Å²) >= 11 is 0. The third kappa shape index (κ3) is 2.90. The number of carbonyl (C=O) groups excluding carboxylic acids is 1. The van der Waals surface area contributed by atoms with E-state index in [0.29, 0.717) is 42.5 Å². The number of nitrogens with zero attached hydrogens (tertiary/aromatic N) is 4. The van der Waals surface area contributed by atoms with Crippen LogP contribution in [-0.4, -0.2) is 50.1 Å². The van der Waals surface area contributed by atoms with Crippen LogP contribution in [0.2, 0.25) is 0 Å². The largest absolute Gasteiger partial charge is 0.493 e. The van der Waals surface area contributed by atoms with Crippen molar-refractivity contribution in [1.82, 2.24) is 19.5 Å². The van der Waals surface area contributed by atoms with Gasteiger partial charge in [0.25, 0.3) is 5.91 Å². The van der Waals surface area contributed by atoms with Gasteiger partial charge in [-0.15, -0.1) is 0 Å². The Labute approximate surface area is 151 Å². The summed E-state index contributed by atoms with van der Waals surface area (Å²) in [4.78, 5) is 19.4. The molecule has 0 radical (unpaired) electrons. The Morgan fingerprint density at radius 2 is 1.96 bits per heavy atom. The van der Waals surface area contributed by atoms with Gasteiger partial charge in [0.05, 0.1) is 11.9 Å². The average Bonchev–Trinajstić information content (AvgIpc) is 3.13. The fourth-order valence-corrected chi connectivity index (χ4v) is 3.40. The first kappa shape index (κ1) is 16.5. The van der Waals surface area contributed by atoms with Crippen LogP contribution >= 0.6 is 0 Å². The van der Waals surface area contributed by atoms with Gasteiger partial charge in [-0.05, 0) is 25.3 Å². The molecule has 7 heteroatoms. The maximum atomic E-state index is 12.9. The molecule has 1 fully saturated rings. The summed E-state index contributed by atoms with van der Waals surface area (Å²) in [6, 6.07) is 11.1. The first-order valence-corrected chi connectivity index (χ1v) is 8.80. The van der Waals surface area contributed by atoms with E-state index in [0.717, 1.165) is 18.4 Å². The summed E-state index contributed by atoms with van der Waals surface area (Å²) in [6.07, 6.45) is 3.30. The van der Waals surface area contributed by atoms with Gasteiger partial charge in [-0.25, -0.2) is 4.98 Å². The Bertz CT molecular complexity index is 930. The first-order valence-electron chi connectivity index (χ1n) is 8.80. The number of likely N-dealkylation sites (tertiary alicyclic amines) is 1. The van der Waals surface area contributed by atoms with Crippen molar-refractivity contribution in [3.63, 3.8) is 0 Å². The molecule has 2 aromatic heterocycles. The molecule has 0 atom stereocenters. The highest BCUT2D eigenvalue weighted by molar-refractivity contribution is 6.00. The Morgan fingerprint density at radius 1 is 1.23 bits per heavy atom. The fraction of sp³-hybridized carbons (Fsp3) is 0.316. The lowest BCUT2D eigenvalue weighted by Crippen LogP contribution is -2.40. The van der Waals surface area contributed by atoms with Crippen LogP contribution in [0.5, 0.6) is 5.88 Å². The molecule has 3 heterocycles. The van der Waals surface area contributed by atoms with Gasteiger partial charge in [0.1, 0.15) is 5.56 Å². The van der Waals surface area contributed by atoms with Gasteiger partial charge in [0.15, 0.2) is 5.65 Å². The zero-order valence-electron chi connectivity index (χ0n) is 14.4. The van der Waals surface area contributed by atoms with Crippen LogP contribution in [0, 0.1) is 5.92 Å². The molecule has 7 nitrogen and oxygen atoms in total. The minimum atomic E-state index is -0.104. The lowest BCUT2D eigenvalue weighted by atomic mass is 9.97. The zero-order chi connectivity index (χ0) is 18.1. The first-order chi connectivity index (χ1) is 12.7. The van der Waals surface area contributed by atoms with Gasteiger partial charge in [-0.2, -0.15) is 9.61 Å². The highest BCUT2D eigenvalue weighted by Gasteiger charge is 2.26. The van der Waals surface area contributed by atoms with Crippen molar-refractivity contribution >= 4 is 11.6 Å². The highest BCUT2D eigenvalue weighted by Crippen LogP contribution is 2.25. The Balaban J connectivity index is 1.70. The minimum Gasteiger partial charge on any atom is -0.493 e. The Morgan fingerprint density at radius 3 is 2.65 bits per heavy atom. The van der Waals surface area contributed by atoms with Gasteiger partial charge in [-0.3, -0.25) is 4.79 Å². The predicted octanol–water partition coefficient (Wildman–Crippen LogP) is 1.91. The van der Waals surface area contributed by atoms with E-state index in [-0.39, 0.29) is 11.8 Å². The monoisotopic (exact) mass is 351 g/mol. The molecular formula is C19H21N5O2. The smallest absolute Gasteiger partial charge is 0.259 e. The van der Waals surface area contributed by atoms with Crippen molar-refractivity contribution in [3.05, 3.63) is 48.2 Å². The number of amides is 1. The average molecular weight is 351 g/mol. The molecule has 3 aromatic rings. The van der Waals surface area contributed by atoms with E-state index in [1.54, 1.807) is 6.07 Å². The molecule has 4 rings (SSSR count). The third-order valence-electron chi connectivity index (χ3n) is 4.99. The number of aromatic nitrogens is 3. The van der Waals surface area contributed by atoms with Gasteiger partial charge in [0, 0.05) is 24.7 Å². The highest BCUT2D eigenvalue weighted by atomic mass is 16.3. The van der Waals surface area contributed by atoms with Crippen LogP contribution < -0.4 is 5.73 Å². The van der Waals surface area contributed by atoms with Crippen LogP contribution in [-0.2, 0) is 0 Å². The second kappa shape index (κ2) is 6.76. The molecule has 134 valence electrons. The van der Waals surface area contributed by atoms with Gasteiger partial charge < -0.3 is 15.7 Å². The van der Waals surface area contributed by atoms with E-state index in [4.69, 9.17) is 5.73 Å². The predicted molar refractivity (Wildman–Crippen MR) is 97.8 cm³/mol. The molecular weight excluding hydrogens is 330 g/mol. The van der Waals surface area contributed by atoms with Gasteiger partial charge in [0.2, 0.25) is 5.88 Å². The summed E-state index contributed by atoms with van der Waals surface area (Å²) in [6.45, 7) is 2.03. The molecule has 0 bridgehead atoms. The number of piperidine rings is 1. The number of carbonyl (C=O) groups is 1. The van der Waals surface area contributed by atoms with Crippen molar-refractivity contribution in [2.75, 3.05) is 19.6 Å². The van der Waals surface area contributed by atoms with Gasteiger partial charge in [-0.1, -0.05) is 30.3 Å². The van der Waals surface area contributed by atoms with Crippen LogP contribution in [0.25, 0.3) is 16.9 Å². The molecule has 1 aliphatic heterocycles. The number of rotatable bonds is 3.